The van der Waals surface area contributed by atoms with Crippen molar-refractivity contribution in [2.24, 2.45) is 0 Å². The topological polar surface area (TPSA) is 11.4 Å². The highest BCUT2D eigenvalue weighted by Gasteiger charge is 2.25. The summed E-state index contributed by atoms with van der Waals surface area (Å²) in [5, 5.41) is 9.77. The van der Waals surface area contributed by atoms with Gasteiger partial charge in [0.05, 0.1) is 32.8 Å². The van der Waals surface area contributed by atoms with Crippen LogP contribution in [0.1, 0.15) is 0 Å². The van der Waals surface area contributed by atoms with E-state index in [9.17, 15) is 0 Å². The number of aromatic nitrogens is 1. The number of thiophene rings is 1. The third-order valence-corrected chi connectivity index (χ3v) is 14.3. The molecule has 13 rings (SSSR count). The van der Waals surface area contributed by atoms with Crippen molar-refractivity contribution in [3.8, 4) is 16.8 Å². The highest BCUT2D eigenvalue weighted by molar-refractivity contribution is 7.26. The Morgan fingerprint density at radius 1 is 0.333 bits per heavy atom. The van der Waals surface area contributed by atoms with Gasteiger partial charge in [0.2, 0.25) is 0 Å². The maximum absolute atomic E-state index is 2.50. The van der Waals surface area contributed by atoms with E-state index in [2.05, 4.69) is 263 Å². The molecule has 0 atom stereocenters. The smallest absolute Gasteiger partial charge is 0.0718 e. The zero-order valence-electron chi connectivity index (χ0n) is 35.9. The Morgan fingerprint density at radius 3 is 1.67 bits per heavy atom. The molecule has 2 aromatic heterocycles. The van der Waals surface area contributed by atoms with E-state index in [-0.39, 0.29) is 0 Å². The van der Waals surface area contributed by atoms with Crippen molar-refractivity contribution in [2.45, 2.75) is 0 Å². The van der Waals surface area contributed by atoms with Crippen LogP contribution in [-0.4, -0.2) is 4.57 Å². The van der Waals surface area contributed by atoms with Gasteiger partial charge in [0.25, 0.3) is 0 Å². The van der Waals surface area contributed by atoms with Gasteiger partial charge in [0.1, 0.15) is 0 Å². The van der Waals surface area contributed by atoms with Gasteiger partial charge in [0.15, 0.2) is 0 Å². The molecule has 0 saturated carbocycles. The van der Waals surface area contributed by atoms with E-state index in [0.29, 0.717) is 0 Å². The van der Waals surface area contributed by atoms with Crippen LogP contribution < -0.4 is 9.80 Å². The Bertz CT molecular complexity index is 3920. The van der Waals surface area contributed by atoms with Crippen molar-refractivity contribution in [1.29, 1.82) is 0 Å². The molecule has 0 unspecified atom stereocenters. The number of anilines is 6. The second-order valence-electron chi connectivity index (χ2n) is 16.9. The Hall–Kier alpha value is -8.44. The van der Waals surface area contributed by atoms with Gasteiger partial charge in [-0.3, -0.25) is 0 Å². The van der Waals surface area contributed by atoms with Crippen LogP contribution in [0.4, 0.5) is 34.1 Å². The first kappa shape index (κ1) is 38.1. The zero-order valence-corrected chi connectivity index (χ0v) is 36.7. The fraction of sp³-hybridized carbons (Fsp3) is 0. The molecule has 0 aliphatic carbocycles. The number of para-hydroxylation sites is 3. The molecule has 13 aromatic rings. The molecule has 11 aromatic carbocycles. The molecule has 0 aliphatic heterocycles. The fourth-order valence-corrected chi connectivity index (χ4v) is 11.4. The van der Waals surface area contributed by atoms with Crippen molar-refractivity contribution in [3.05, 3.63) is 249 Å². The van der Waals surface area contributed by atoms with Gasteiger partial charge in [-0.05, 0) is 107 Å². The highest BCUT2D eigenvalue weighted by atomic mass is 32.1. The third-order valence-electron chi connectivity index (χ3n) is 13.1. The maximum atomic E-state index is 2.50. The average molecular weight is 860 g/mol. The van der Waals surface area contributed by atoms with Crippen LogP contribution in [0, 0.1) is 0 Å². The summed E-state index contributed by atoms with van der Waals surface area (Å²) in [4.78, 5) is 4.92. The summed E-state index contributed by atoms with van der Waals surface area (Å²) in [6, 6.07) is 90.6. The van der Waals surface area contributed by atoms with E-state index in [0.717, 1.165) is 28.4 Å². The summed E-state index contributed by atoms with van der Waals surface area (Å²) in [6.07, 6.45) is 0. The molecule has 0 amide bonds. The number of rotatable bonds is 8. The normalized spacial score (nSPS) is 11.6. The molecule has 0 aliphatic rings. The maximum Gasteiger partial charge on any atom is 0.0718 e. The van der Waals surface area contributed by atoms with Gasteiger partial charge >= 0.3 is 0 Å². The van der Waals surface area contributed by atoms with Crippen LogP contribution in [0.15, 0.2) is 249 Å². The van der Waals surface area contributed by atoms with Gasteiger partial charge in [-0.15, -0.1) is 11.3 Å². The Kier molecular flexibility index (Phi) is 9.03. The number of hydrogen-bond acceptors (Lipinski definition) is 3. The van der Waals surface area contributed by atoms with Crippen molar-refractivity contribution in [3.63, 3.8) is 0 Å². The lowest BCUT2D eigenvalue weighted by Crippen LogP contribution is -2.11. The van der Waals surface area contributed by atoms with E-state index >= 15 is 0 Å². The standard InChI is InChI=1S/C62H41N3S/c1-4-18-42(19-5-1)43-34-36-48(37-35-43)63(46-23-6-2-7-24-46)58-32-17-33-59-60(58)54-40-45-21-11-13-28-51(45)61(62(54)66-59)64(47-25-8-3-9-26-47)49-38-39-57-53(41-49)52-29-14-15-30-56(52)65(57)55-31-16-22-44-20-10-12-27-50(44)55/h1-41H. The summed E-state index contributed by atoms with van der Waals surface area (Å²) in [6.45, 7) is 0. The molecular weight excluding hydrogens is 819 g/mol. The SMILES string of the molecule is c1ccc(-c2ccc(N(c3ccccc3)c3cccc4sc5c(N(c6ccccc6)c6ccc7c(c6)c6ccccc6n7-c6cccc7ccccc67)c6ccccc6cc5c34)cc2)cc1. The van der Waals surface area contributed by atoms with Crippen molar-refractivity contribution in [1.82, 2.24) is 4.57 Å². The van der Waals surface area contributed by atoms with Gasteiger partial charge in [0, 0.05) is 59.8 Å². The molecule has 3 nitrogen and oxygen atoms in total. The Morgan fingerprint density at radius 2 is 0.894 bits per heavy atom. The number of benzene rings is 11. The van der Waals surface area contributed by atoms with E-state index in [1.165, 1.54) is 86.0 Å². The Labute approximate surface area is 386 Å². The van der Waals surface area contributed by atoms with Crippen LogP contribution in [0.25, 0.3) is 80.3 Å². The molecule has 0 spiro atoms. The lowest BCUT2D eigenvalue weighted by Gasteiger charge is -2.28. The summed E-state index contributed by atoms with van der Waals surface area (Å²) >= 11 is 1.88. The number of nitrogens with zero attached hydrogens (tertiary/aromatic N) is 3. The summed E-state index contributed by atoms with van der Waals surface area (Å²) in [7, 11) is 0. The zero-order chi connectivity index (χ0) is 43.6. The van der Waals surface area contributed by atoms with E-state index in [1.54, 1.807) is 0 Å². The van der Waals surface area contributed by atoms with E-state index in [1.807, 2.05) is 11.3 Å². The quantitative estimate of drug-likeness (QED) is 0.151. The van der Waals surface area contributed by atoms with Crippen LogP contribution in [-0.2, 0) is 0 Å². The summed E-state index contributed by atoms with van der Waals surface area (Å²) < 4.78 is 4.93. The molecule has 4 heteroatoms. The molecule has 66 heavy (non-hydrogen) atoms. The average Bonchev–Trinajstić information content (AvgIpc) is 3.93. The molecule has 310 valence electrons. The van der Waals surface area contributed by atoms with Gasteiger partial charge < -0.3 is 14.4 Å². The molecule has 0 radical (unpaired) electrons. The monoisotopic (exact) mass is 859 g/mol. The van der Waals surface area contributed by atoms with Gasteiger partial charge in [-0.1, -0.05) is 164 Å². The second-order valence-corrected chi connectivity index (χ2v) is 17.9. The molecule has 2 heterocycles. The number of hydrogen-bond donors (Lipinski definition) is 0. The van der Waals surface area contributed by atoms with Crippen molar-refractivity contribution in [2.75, 3.05) is 9.80 Å². The largest absolute Gasteiger partial charge is 0.310 e. The van der Waals surface area contributed by atoms with Crippen LogP contribution in [0.5, 0.6) is 0 Å². The lowest BCUT2D eigenvalue weighted by atomic mass is 10.0. The first-order valence-electron chi connectivity index (χ1n) is 22.5. The summed E-state index contributed by atoms with van der Waals surface area (Å²) in [5.74, 6) is 0. The van der Waals surface area contributed by atoms with Gasteiger partial charge in [-0.2, -0.15) is 0 Å². The van der Waals surface area contributed by atoms with E-state index in [4.69, 9.17) is 0 Å². The van der Waals surface area contributed by atoms with Crippen molar-refractivity contribution >= 4 is 109 Å². The fourth-order valence-electron chi connectivity index (χ4n) is 10.2. The van der Waals surface area contributed by atoms with Crippen LogP contribution >= 0.6 is 11.3 Å². The lowest BCUT2D eigenvalue weighted by molar-refractivity contribution is 1.20. The highest BCUT2D eigenvalue weighted by Crippen LogP contribution is 2.52. The minimum Gasteiger partial charge on any atom is -0.310 e. The first-order chi connectivity index (χ1) is 32.8. The van der Waals surface area contributed by atoms with E-state index < -0.39 is 0 Å². The first-order valence-corrected chi connectivity index (χ1v) is 23.3. The molecule has 0 fully saturated rings. The molecular formula is C62H41N3S. The Balaban J connectivity index is 1.06. The minimum atomic E-state index is 1.11. The van der Waals surface area contributed by atoms with Gasteiger partial charge in [-0.25, -0.2) is 0 Å². The van der Waals surface area contributed by atoms with Crippen LogP contribution in [0.2, 0.25) is 0 Å². The molecule has 0 N–H and O–H groups in total. The minimum absolute atomic E-state index is 1.11. The predicted octanol–water partition coefficient (Wildman–Crippen LogP) is 18.1. The third kappa shape index (κ3) is 6.18. The predicted molar refractivity (Wildman–Crippen MR) is 283 cm³/mol. The molecule has 0 bridgehead atoms. The number of fused-ring (bicyclic) bond motifs is 8. The summed E-state index contributed by atoms with van der Waals surface area (Å²) in [5.41, 5.74) is 12.7. The molecule has 0 saturated heterocycles. The van der Waals surface area contributed by atoms with Crippen molar-refractivity contribution < 1.29 is 0 Å². The second kappa shape index (κ2) is 15.7. The van der Waals surface area contributed by atoms with Crippen LogP contribution in [0.3, 0.4) is 0 Å².